The van der Waals surface area contributed by atoms with Crippen LogP contribution in [-0.2, 0) is 0 Å². The maximum atomic E-state index is 15.4. The standard InChI is InChI=1S/C24BF20.C7H8I/c26-5-1(6(27)14(35)21(42)13(5)34)25(2-7(28)15(36)22(43)16(37)8(2)29,3-9(30)17(38)23(44)18(39)10(3)31)4-11(32)19(40)24(45)20(41)12(4)33;1-6-2-4-7(8)5-3-6/h;2-5,8H,1H3/q-1;+1. The zero-order chi connectivity index (χ0) is 40.3. The van der Waals surface area contributed by atoms with Crippen molar-refractivity contribution in [1.82, 2.24) is 0 Å². The largest absolute Gasteiger partial charge is 0.296 e. The number of halogens is 21. The van der Waals surface area contributed by atoms with Crippen LogP contribution in [0.2, 0.25) is 0 Å². The summed E-state index contributed by atoms with van der Waals surface area (Å²) >= 11 is 2.03. The van der Waals surface area contributed by atoms with Gasteiger partial charge in [-0.1, -0.05) is 17.7 Å². The van der Waals surface area contributed by atoms with E-state index in [1.54, 1.807) is 0 Å². The fourth-order valence-corrected chi connectivity index (χ4v) is 5.80. The van der Waals surface area contributed by atoms with Crippen molar-refractivity contribution >= 4 is 28.0 Å². The van der Waals surface area contributed by atoms with Crippen molar-refractivity contribution < 1.29 is 110 Å². The molecule has 0 saturated carbocycles. The molecule has 0 aliphatic carbocycles. The minimum absolute atomic E-state index is 1.33. The van der Waals surface area contributed by atoms with Crippen molar-refractivity contribution in [3.8, 4) is 0 Å². The van der Waals surface area contributed by atoms with E-state index in [0.717, 1.165) is 0 Å². The number of rotatable bonds is 4. The molecule has 5 aromatic rings. The van der Waals surface area contributed by atoms with Crippen LogP contribution in [0.5, 0.6) is 0 Å². The zero-order valence-corrected chi connectivity index (χ0v) is 27.2. The van der Waals surface area contributed by atoms with Gasteiger partial charge in [-0.25, -0.2) is 87.8 Å². The predicted molar refractivity (Wildman–Crippen MR) is 140 cm³/mol. The van der Waals surface area contributed by atoms with E-state index >= 15 is 35.1 Å². The van der Waals surface area contributed by atoms with Gasteiger partial charge in [-0.3, -0.25) is 0 Å². The summed E-state index contributed by atoms with van der Waals surface area (Å²) in [5.41, 5.74) is -13.0. The van der Waals surface area contributed by atoms with E-state index in [2.05, 4.69) is 31.2 Å². The normalized spacial score (nSPS) is 11.6. The Hall–Kier alpha value is -4.51. The molecule has 0 heterocycles. The minimum atomic E-state index is -7.22. The molecule has 0 aromatic heterocycles. The van der Waals surface area contributed by atoms with Crippen molar-refractivity contribution in [3.63, 3.8) is 0 Å². The van der Waals surface area contributed by atoms with Gasteiger partial charge in [0.25, 0.3) is 22.6 Å². The summed E-state index contributed by atoms with van der Waals surface area (Å²) in [4.78, 5) is 0. The Bertz CT molecular complexity index is 1910. The van der Waals surface area contributed by atoms with Gasteiger partial charge in [-0.2, -0.15) is 0 Å². The van der Waals surface area contributed by atoms with E-state index in [1.165, 1.54) is 9.13 Å². The summed E-state index contributed by atoms with van der Waals surface area (Å²) in [7, 11) is 0. The van der Waals surface area contributed by atoms with Crippen molar-refractivity contribution in [2.75, 3.05) is 0 Å². The lowest BCUT2D eigenvalue weighted by molar-refractivity contribution is -0.328. The second-order valence-corrected chi connectivity index (χ2v) is 12.0. The first kappa shape index (κ1) is 41.3. The first-order valence-corrected chi connectivity index (χ1v) is 14.6. The zero-order valence-electron chi connectivity index (χ0n) is 24.9. The summed E-state index contributed by atoms with van der Waals surface area (Å²) in [6.07, 6.45) is -7.22. The van der Waals surface area contributed by atoms with E-state index in [9.17, 15) is 52.7 Å². The smallest absolute Gasteiger partial charge is 0.207 e. The first-order chi connectivity index (χ1) is 24.5. The Morgan fingerprint density at radius 3 is 0.585 bits per heavy atom. The minimum Gasteiger partial charge on any atom is -0.207 e. The van der Waals surface area contributed by atoms with Crippen LogP contribution < -0.4 is 44.4 Å². The second kappa shape index (κ2) is 14.7. The molecule has 5 aromatic carbocycles. The van der Waals surface area contributed by atoms with Crippen LogP contribution in [-0.4, -0.2) is 6.15 Å². The number of benzene rings is 5. The highest BCUT2D eigenvalue weighted by Crippen LogP contribution is 2.30. The average Bonchev–Trinajstić information content (AvgIpc) is 3.12. The van der Waals surface area contributed by atoms with E-state index in [4.69, 9.17) is 0 Å². The van der Waals surface area contributed by atoms with Gasteiger partial charge in [0.15, 0.2) is 73.4 Å². The SMILES string of the molecule is Cc1ccc([IH+])cc1.Fc1c(F)c(F)c([B-](c2c(F)c(F)c(F)c(F)c2F)(c2c(F)c(F)c(F)c(F)c2F)c2c(F)c(F)c(F)c(F)c2F)c(F)c1F. The van der Waals surface area contributed by atoms with E-state index in [-0.39, 0.29) is 0 Å². The Balaban J connectivity index is 0.000000692. The lowest BCUT2D eigenvalue weighted by atomic mass is 9.12. The molecule has 0 spiro atoms. The van der Waals surface area contributed by atoms with Gasteiger partial charge in [0.2, 0.25) is 0 Å². The molecule has 0 fully saturated rings. The molecule has 0 aliphatic heterocycles. The van der Waals surface area contributed by atoms with E-state index < -0.39 is 144 Å². The molecule has 0 saturated heterocycles. The Morgan fingerprint density at radius 2 is 0.434 bits per heavy atom. The van der Waals surface area contributed by atoms with Crippen LogP contribution in [0.25, 0.3) is 0 Å². The highest BCUT2D eigenvalue weighted by Gasteiger charge is 2.52. The fraction of sp³-hybridized carbons (Fsp3) is 0.0323. The number of aryl methyl sites for hydroxylation is 1. The number of hydrogen-bond acceptors (Lipinski definition) is 0. The van der Waals surface area contributed by atoms with Crippen LogP contribution in [0.4, 0.5) is 87.8 Å². The third-order valence-corrected chi connectivity index (χ3v) is 8.50. The van der Waals surface area contributed by atoms with E-state index in [0.29, 0.717) is 0 Å². The summed E-state index contributed by atoms with van der Waals surface area (Å²) in [5.74, 6) is -71.4. The average molecular weight is 898 g/mol. The molecule has 0 radical (unpaired) electrons. The van der Waals surface area contributed by atoms with Crippen molar-refractivity contribution in [2.24, 2.45) is 0 Å². The summed E-state index contributed by atoms with van der Waals surface area (Å²) in [5, 5.41) is 0. The number of hydrogen-bond donors (Lipinski definition) is 0. The second-order valence-electron chi connectivity index (χ2n) is 10.6. The molecule has 0 unspecified atom stereocenters. The molecule has 0 aliphatic rings. The highest BCUT2D eigenvalue weighted by atomic mass is 127. The Kier molecular flexibility index (Phi) is 11.5. The molecular formula is C31H8BF20I. The molecule has 0 amide bonds. The van der Waals surface area contributed by atoms with Crippen LogP contribution in [0, 0.1) is 127 Å². The van der Waals surface area contributed by atoms with Crippen LogP contribution in [0.1, 0.15) is 5.56 Å². The topological polar surface area (TPSA) is 0 Å². The van der Waals surface area contributed by atoms with Gasteiger partial charge >= 0.3 is 0 Å². The van der Waals surface area contributed by atoms with E-state index in [1.807, 2.05) is 22.6 Å². The van der Waals surface area contributed by atoms with Gasteiger partial charge in [0, 0.05) is 0 Å². The van der Waals surface area contributed by atoms with Gasteiger partial charge in [-0.15, -0.1) is 21.9 Å². The molecule has 0 N–H and O–H groups in total. The fourth-order valence-electron chi connectivity index (χ4n) is 5.41. The molecule has 0 atom stereocenters. The van der Waals surface area contributed by atoms with Crippen LogP contribution in [0.3, 0.4) is 0 Å². The molecule has 53 heavy (non-hydrogen) atoms. The molecule has 5 rings (SSSR count). The molecule has 22 heteroatoms. The van der Waals surface area contributed by atoms with Crippen molar-refractivity contribution in [1.29, 1.82) is 0 Å². The molecular weight excluding hydrogens is 890 g/mol. The maximum absolute atomic E-state index is 15.4. The van der Waals surface area contributed by atoms with Crippen molar-refractivity contribution in [2.45, 2.75) is 6.92 Å². The van der Waals surface area contributed by atoms with Gasteiger partial charge < -0.3 is 0 Å². The molecule has 0 bridgehead atoms. The quantitative estimate of drug-likeness (QED) is 0.0832. The van der Waals surface area contributed by atoms with Crippen LogP contribution in [0.15, 0.2) is 24.3 Å². The maximum Gasteiger partial charge on any atom is 0.296 e. The monoisotopic (exact) mass is 898 g/mol. The Morgan fingerprint density at radius 1 is 0.283 bits per heavy atom. The van der Waals surface area contributed by atoms with Gasteiger partial charge in [0.1, 0.15) is 52.7 Å². The van der Waals surface area contributed by atoms with Crippen LogP contribution >= 0.6 is 0 Å². The summed E-state index contributed by atoms with van der Waals surface area (Å²) in [6, 6.07) is 8.50. The lowest BCUT2D eigenvalue weighted by Gasteiger charge is -2.44. The third-order valence-electron chi connectivity index (χ3n) is 7.73. The predicted octanol–water partition coefficient (Wildman–Crippen LogP) is 4.30. The first-order valence-electron chi connectivity index (χ1n) is 13.5. The summed E-state index contributed by atoms with van der Waals surface area (Å²) < 4.78 is 295. The lowest BCUT2D eigenvalue weighted by Crippen LogP contribution is -3.34. The molecule has 0 nitrogen and oxygen atoms in total. The van der Waals surface area contributed by atoms with Gasteiger partial charge in [-0.05, 0) is 19.1 Å². The van der Waals surface area contributed by atoms with Crippen molar-refractivity contribution in [3.05, 3.63) is 150 Å². The Labute approximate surface area is 294 Å². The third kappa shape index (κ3) is 6.24. The molecule has 282 valence electrons. The summed E-state index contributed by atoms with van der Waals surface area (Å²) in [6.45, 7) is 2.10. The van der Waals surface area contributed by atoms with Gasteiger partial charge in [0.05, 0.1) is 0 Å². The highest BCUT2D eigenvalue weighted by molar-refractivity contribution is 7.20.